The Morgan fingerprint density at radius 2 is 2.12 bits per heavy atom. The Hall–Kier alpha value is -0.0400. The first-order chi connectivity index (χ1) is 3.95. The molecule has 1 unspecified atom stereocenters. The van der Waals surface area contributed by atoms with Crippen molar-refractivity contribution in [2.24, 2.45) is 5.92 Å². The maximum Gasteiger partial charge on any atom is 0.0812 e. The van der Waals surface area contributed by atoms with Gasteiger partial charge in [0.25, 0.3) is 0 Å². The summed E-state index contributed by atoms with van der Waals surface area (Å²) in [6.07, 6.45) is 6.46. The van der Waals surface area contributed by atoms with E-state index in [0.29, 0.717) is 6.10 Å². The predicted molar refractivity (Wildman–Crippen MR) is 31.7 cm³/mol. The van der Waals surface area contributed by atoms with E-state index in [9.17, 15) is 0 Å². The second-order valence-electron chi connectivity index (χ2n) is 2.99. The first-order valence-corrected chi connectivity index (χ1v) is 3.57. The standard InChI is InChI=1S/C7H12O/c1-2-6(3-1)4-7-5-8-7/h6-7H,1-5H2. The summed E-state index contributed by atoms with van der Waals surface area (Å²) in [6.45, 7) is 1.05. The first-order valence-electron chi connectivity index (χ1n) is 3.57. The Bertz CT molecular complexity index is 82.4. The van der Waals surface area contributed by atoms with Crippen LogP contribution in [0.4, 0.5) is 0 Å². The van der Waals surface area contributed by atoms with Gasteiger partial charge in [-0.05, 0) is 12.3 Å². The molecule has 0 aromatic heterocycles. The SMILES string of the molecule is C1CC(CC2CO2)C1. The molecule has 0 aromatic carbocycles. The van der Waals surface area contributed by atoms with Gasteiger partial charge in [-0.2, -0.15) is 0 Å². The van der Waals surface area contributed by atoms with E-state index in [1.165, 1.54) is 25.7 Å². The molecule has 1 aliphatic carbocycles. The third kappa shape index (κ3) is 0.873. The monoisotopic (exact) mass is 112 g/mol. The zero-order valence-corrected chi connectivity index (χ0v) is 5.10. The van der Waals surface area contributed by atoms with Crippen molar-refractivity contribution in [3.05, 3.63) is 0 Å². The lowest BCUT2D eigenvalue weighted by atomic mass is 9.82. The molecular formula is C7H12O. The summed E-state index contributed by atoms with van der Waals surface area (Å²) in [4.78, 5) is 0. The van der Waals surface area contributed by atoms with Crippen LogP contribution in [-0.4, -0.2) is 12.7 Å². The summed E-state index contributed by atoms with van der Waals surface area (Å²) in [5.41, 5.74) is 0. The zero-order chi connectivity index (χ0) is 5.40. The lowest BCUT2D eigenvalue weighted by molar-refractivity contribution is 0.259. The second kappa shape index (κ2) is 1.73. The van der Waals surface area contributed by atoms with E-state index >= 15 is 0 Å². The van der Waals surface area contributed by atoms with Gasteiger partial charge in [0.15, 0.2) is 0 Å². The summed E-state index contributed by atoms with van der Waals surface area (Å²) in [6, 6.07) is 0. The van der Waals surface area contributed by atoms with Gasteiger partial charge in [0.1, 0.15) is 0 Å². The van der Waals surface area contributed by atoms with Crippen LogP contribution < -0.4 is 0 Å². The minimum absolute atomic E-state index is 0.681. The highest BCUT2D eigenvalue weighted by Crippen LogP contribution is 2.33. The van der Waals surface area contributed by atoms with Gasteiger partial charge in [0.2, 0.25) is 0 Å². The first kappa shape index (κ1) is 4.80. The van der Waals surface area contributed by atoms with E-state index in [4.69, 9.17) is 4.74 Å². The predicted octanol–water partition coefficient (Wildman–Crippen LogP) is 1.58. The Morgan fingerprint density at radius 1 is 1.38 bits per heavy atom. The fourth-order valence-electron chi connectivity index (χ4n) is 1.30. The lowest BCUT2D eigenvalue weighted by Gasteiger charge is -2.23. The highest BCUT2D eigenvalue weighted by Gasteiger charge is 2.29. The van der Waals surface area contributed by atoms with E-state index in [1.807, 2.05) is 0 Å². The molecule has 0 bridgehead atoms. The van der Waals surface area contributed by atoms with Crippen LogP contribution in [0.5, 0.6) is 0 Å². The zero-order valence-electron chi connectivity index (χ0n) is 5.10. The summed E-state index contributed by atoms with van der Waals surface area (Å²) in [5.74, 6) is 1.04. The topological polar surface area (TPSA) is 12.5 Å². The van der Waals surface area contributed by atoms with Crippen LogP contribution in [0.2, 0.25) is 0 Å². The fraction of sp³-hybridized carbons (Fsp3) is 1.00. The fourth-order valence-corrected chi connectivity index (χ4v) is 1.30. The number of rotatable bonds is 2. The summed E-state index contributed by atoms with van der Waals surface area (Å²) < 4.78 is 5.11. The number of epoxide rings is 1. The van der Waals surface area contributed by atoms with Crippen LogP contribution in [0.15, 0.2) is 0 Å². The molecular weight excluding hydrogens is 100 g/mol. The van der Waals surface area contributed by atoms with Crippen molar-refractivity contribution in [1.29, 1.82) is 0 Å². The van der Waals surface area contributed by atoms with Crippen LogP contribution >= 0.6 is 0 Å². The van der Waals surface area contributed by atoms with Gasteiger partial charge in [-0.15, -0.1) is 0 Å². The van der Waals surface area contributed by atoms with Crippen LogP contribution in [-0.2, 0) is 4.74 Å². The molecule has 1 atom stereocenters. The Balaban J connectivity index is 1.66. The van der Waals surface area contributed by atoms with Crippen LogP contribution in [0, 0.1) is 5.92 Å². The number of hydrogen-bond acceptors (Lipinski definition) is 1. The Labute approximate surface area is 50.0 Å². The van der Waals surface area contributed by atoms with Gasteiger partial charge in [-0.3, -0.25) is 0 Å². The molecule has 1 heterocycles. The van der Waals surface area contributed by atoms with E-state index in [0.717, 1.165) is 12.5 Å². The Kier molecular flexibility index (Phi) is 1.04. The van der Waals surface area contributed by atoms with Gasteiger partial charge < -0.3 is 4.74 Å². The molecule has 0 aromatic rings. The van der Waals surface area contributed by atoms with E-state index in [2.05, 4.69) is 0 Å². The summed E-state index contributed by atoms with van der Waals surface area (Å²) >= 11 is 0. The maximum absolute atomic E-state index is 5.11. The molecule has 2 aliphatic rings. The average Bonchev–Trinajstić information content (AvgIpc) is 2.36. The third-order valence-electron chi connectivity index (χ3n) is 2.22. The van der Waals surface area contributed by atoms with Crippen molar-refractivity contribution in [2.75, 3.05) is 6.61 Å². The minimum atomic E-state index is 0.681. The molecule has 1 saturated heterocycles. The summed E-state index contributed by atoms with van der Waals surface area (Å²) in [7, 11) is 0. The summed E-state index contributed by atoms with van der Waals surface area (Å²) in [5, 5.41) is 0. The molecule has 0 amide bonds. The molecule has 8 heavy (non-hydrogen) atoms. The average molecular weight is 112 g/mol. The van der Waals surface area contributed by atoms with Gasteiger partial charge in [-0.1, -0.05) is 19.3 Å². The van der Waals surface area contributed by atoms with Gasteiger partial charge in [0, 0.05) is 0 Å². The van der Waals surface area contributed by atoms with E-state index < -0.39 is 0 Å². The molecule has 1 aliphatic heterocycles. The van der Waals surface area contributed by atoms with Crippen LogP contribution in [0.25, 0.3) is 0 Å². The van der Waals surface area contributed by atoms with Crippen LogP contribution in [0.1, 0.15) is 25.7 Å². The molecule has 2 rings (SSSR count). The second-order valence-corrected chi connectivity index (χ2v) is 2.99. The van der Waals surface area contributed by atoms with E-state index in [1.54, 1.807) is 0 Å². The van der Waals surface area contributed by atoms with Crippen LogP contribution in [0.3, 0.4) is 0 Å². The molecule has 0 N–H and O–H groups in total. The maximum atomic E-state index is 5.11. The highest BCUT2D eigenvalue weighted by molar-refractivity contribution is 4.78. The molecule has 1 saturated carbocycles. The van der Waals surface area contributed by atoms with Crippen molar-refractivity contribution in [3.8, 4) is 0 Å². The van der Waals surface area contributed by atoms with Crippen molar-refractivity contribution in [2.45, 2.75) is 31.8 Å². The minimum Gasteiger partial charge on any atom is -0.373 e. The quantitative estimate of drug-likeness (QED) is 0.494. The molecule has 2 fully saturated rings. The smallest absolute Gasteiger partial charge is 0.0812 e. The van der Waals surface area contributed by atoms with Crippen molar-refractivity contribution < 1.29 is 4.74 Å². The lowest BCUT2D eigenvalue weighted by Crippen LogP contribution is -2.12. The van der Waals surface area contributed by atoms with Crippen molar-refractivity contribution >= 4 is 0 Å². The van der Waals surface area contributed by atoms with Gasteiger partial charge >= 0.3 is 0 Å². The largest absolute Gasteiger partial charge is 0.373 e. The van der Waals surface area contributed by atoms with Crippen molar-refractivity contribution in [1.82, 2.24) is 0 Å². The van der Waals surface area contributed by atoms with E-state index in [-0.39, 0.29) is 0 Å². The third-order valence-corrected chi connectivity index (χ3v) is 2.22. The highest BCUT2D eigenvalue weighted by atomic mass is 16.6. The Morgan fingerprint density at radius 3 is 2.50 bits per heavy atom. The number of hydrogen-bond donors (Lipinski definition) is 0. The normalized spacial score (nSPS) is 36.8. The van der Waals surface area contributed by atoms with Gasteiger partial charge in [0.05, 0.1) is 12.7 Å². The number of ether oxygens (including phenoxy) is 1. The molecule has 0 spiro atoms. The molecule has 0 radical (unpaired) electrons. The molecule has 1 nitrogen and oxygen atoms in total. The molecule has 1 heteroatoms. The van der Waals surface area contributed by atoms with Gasteiger partial charge in [-0.25, -0.2) is 0 Å². The van der Waals surface area contributed by atoms with Crippen molar-refractivity contribution in [3.63, 3.8) is 0 Å². The molecule has 46 valence electrons.